The Morgan fingerprint density at radius 3 is 2.95 bits per heavy atom. The highest BCUT2D eigenvalue weighted by atomic mass is 16.8. The van der Waals surface area contributed by atoms with E-state index in [1.807, 2.05) is 18.4 Å². The Hall–Kier alpha value is -1.73. The van der Waals surface area contributed by atoms with Crippen molar-refractivity contribution in [1.82, 2.24) is 19.5 Å². The molecule has 7 heteroatoms. The second kappa shape index (κ2) is 3.89. The molecule has 2 aromatic rings. The monoisotopic (exact) mass is 275 g/mol. The Morgan fingerprint density at radius 1 is 1.25 bits per heavy atom. The van der Waals surface area contributed by atoms with Gasteiger partial charge in [-0.3, -0.25) is 0 Å². The third kappa shape index (κ3) is 1.63. The van der Waals surface area contributed by atoms with Gasteiger partial charge < -0.3 is 19.8 Å². The minimum Gasteiger partial charge on any atom is -0.382 e. The molecule has 0 aromatic carbocycles. The van der Waals surface area contributed by atoms with E-state index in [2.05, 4.69) is 15.0 Å². The van der Waals surface area contributed by atoms with Crippen LogP contribution in [0.1, 0.15) is 32.7 Å². The molecule has 3 atom stereocenters. The van der Waals surface area contributed by atoms with Crippen LogP contribution in [0.4, 0.5) is 5.82 Å². The van der Waals surface area contributed by atoms with Crippen molar-refractivity contribution in [2.75, 3.05) is 5.73 Å². The Bertz CT molecular complexity index is 668. The fourth-order valence-electron chi connectivity index (χ4n) is 3.32. The summed E-state index contributed by atoms with van der Waals surface area (Å²) in [5.74, 6) is -0.106. The second-order valence-corrected chi connectivity index (χ2v) is 5.87. The molecule has 2 aromatic heterocycles. The molecular formula is C13H17N5O2. The molecule has 1 aliphatic carbocycles. The summed E-state index contributed by atoms with van der Waals surface area (Å²) in [4.78, 5) is 12.6. The van der Waals surface area contributed by atoms with Gasteiger partial charge in [0.15, 0.2) is 17.3 Å². The smallest absolute Gasteiger partial charge is 0.165 e. The maximum atomic E-state index is 6.04. The van der Waals surface area contributed by atoms with E-state index in [0.29, 0.717) is 11.3 Å². The predicted octanol–water partition coefficient (Wildman–Crippen LogP) is 1.26. The SMILES string of the molecule is CC1(C)O[C@H]2[C@H](n3cnc4c(N)ncnc43)CC[C@H]2O1. The zero-order chi connectivity index (χ0) is 13.9. The topological polar surface area (TPSA) is 88.1 Å². The molecule has 0 bridgehead atoms. The Morgan fingerprint density at radius 2 is 2.10 bits per heavy atom. The van der Waals surface area contributed by atoms with Crippen LogP contribution in [0.3, 0.4) is 0 Å². The van der Waals surface area contributed by atoms with Crippen molar-refractivity contribution in [3.8, 4) is 0 Å². The summed E-state index contributed by atoms with van der Waals surface area (Å²) in [5, 5.41) is 0. The summed E-state index contributed by atoms with van der Waals surface area (Å²) < 4.78 is 14.0. The summed E-state index contributed by atoms with van der Waals surface area (Å²) in [6.45, 7) is 3.91. The van der Waals surface area contributed by atoms with Gasteiger partial charge >= 0.3 is 0 Å². The van der Waals surface area contributed by atoms with Gasteiger partial charge in [0.2, 0.25) is 0 Å². The standard InChI is InChI=1S/C13H17N5O2/c1-13(2)19-8-4-3-7(10(8)20-13)18-6-17-9-11(14)15-5-16-12(9)18/h5-8,10H,3-4H2,1-2H3,(H2,14,15,16)/t7-,8-,10+/m1/s1. The quantitative estimate of drug-likeness (QED) is 0.843. The summed E-state index contributed by atoms with van der Waals surface area (Å²) in [5.41, 5.74) is 7.24. The highest BCUT2D eigenvalue weighted by Gasteiger charge is 2.49. The van der Waals surface area contributed by atoms with Crippen LogP contribution in [0.5, 0.6) is 0 Å². The van der Waals surface area contributed by atoms with E-state index in [4.69, 9.17) is 15.2 Å². The average molecular weight is 275 g/mol. The Kier molecular flexibility index (Phi) is 2.34. The zero-order valence-electron chi connectivity index (χ0n) is 11.5. The Labute approximate surface area is 116 Å². The maximum Gasteiger partial charge on any atom is 0.165 e. The molecular weight excluding hydrogens is 258 g/mol. The van der Waals surface area contributed by atoms with Crippen LogP contribution in [-0.2, 0) is 9.47 Å². The van der Waals surface area contributed by atoms with Gasteiger partial charge in [-0.25, -0.2) is 15.0 Å². The van der Waals surface area contributed by atoms with Crippen LogP contribution in [-0.4, -0.2) is 37.5 Å². The number of nitrogens with two attached hydrogens (primary N) is 1. The zero-order valence-corrected chi connectivity index (χ0v) is 11.5. The number of nitrogen functional groups attached to an aromatic ring is 1. The van der Waals surface area contributed by atoms with E-state index in [9.17, 15) is 0 Å². The molecule has 1 saturated heterocycles. The van der Waals surface area contributed by atoms with Crippen molar-refractivity contribution in [2.24, 2.45) is 0 Å². The molecule has 0 unspecified atom stereocenters. The van der Waals surface area contributed by atoms with Crippen LogP contribution >= 0.6 is 0 Å². The van der Waals surface area contributed by atoms with E-state index in [0.717, 1.165) is 18.5 Å². The lowest BCUT2D eigenvalue weighted by atomic mass is 10.2. The molecule has 2 fully saturated rings. The van der Waals surface area contributed by atoms with Crippen molar-refractivity contribution >= 4 is 17.0 Å². The fraction of sp³-hybridized carbons (Fsp3) is 0.615. The number of nitrogens with zero attached hydrogens (tertiary/aromatic N) is 4. The van der Waals surface area contributed by atoms with Crippen LogP contribution in [0.15, 0.2) is 12.7 Å². The van der Waals surface area contributed by atoms with Gasteiger partial charge in [-0.1, -0.05) is 0 Å². The van der Waals surface area contributed by atoms with E-state index in [1.165, 1.54) is 6.33 Å². The number of imidazole rings is 1. The van der Waals surface area contributed by atoms with Gasteiger partial charge in [-0.15, -0.1) is 0 Å². The number of rotatable bonds is 1. The third-order valence-electron chi connectivity index (χ3n) is 4.09. The highest BCUT2D eigenvalue weighted by Crippen LogP contribution is 2.44. The molecule has 2 N–H and O–H groups in total. The van der Waals surface area contributed by atoms with Gasteiger partial charge in [0, 0.05) is 0 Å². The van der Waals surface area contributed by atoms with Gasteiger partial charge in [0.1, 0.15) is 17.9 Å². The molecule has 3 heterocycles. The van der Waals surface area contributed by atoms with Crippen LogP contribution in [0.25, 0.3) is 11.2 Å². The first-order valence-electron chi connectivity index (χ1n) is 6.84. The van der Waals surface area contributed by atoms with Gasteiger partial charge in [0.05, 0.1) is 18.5 Å². The van der Waals surface area contributed by atoms with Crippen LogP contribution in [0.2, 0.25) is 0 Å². The molecule has 2 aliphatic rings. The molecule has 20 heavy (non-hydrogen) atoms. The summed E-state index contributed by atoms with van der Waals surface area (Å²) in [6, 6.07) is 0.182. The van der Waals surface area contributed by atoms with Crippen molar-refractivity contribution in [2.45, 2.75) is 50.7 Å². The third-order valence-corrected chi connectivity index (χ3v) is 4.09. The average Bonchev–Trinajstić information content (AvgIpc) is 3.01. The normalized spacial score (nSPS) is 31.8. The molecule has 0 spiro atoms. The molecule has 0 radical (unpaired) electrons. The van der Waals surface area contributed by atoms with E-state index < -0.39 is 5.79 Å². The molecule has 1 saturated carbocycles. The first kappa shape index (κ1) is 12.0. The summed E-state index contributed by atoms with van der Waals surface area (Å²) >= 11 is 0. The number of ether oxygens (including phenoxy) is 2. The number of hydrogen-bond donors (Lipinski definition) is 1. The summed E-state index contributed by atoms with van der Waals surface area (Å²) in [6.07, 6.45) is 5.40. The van der Waals surface area contributed by atoms with E-state index in [-0.39, 0.29) is 18.2 Å². The molecule has 1 aliphatic heterocycles. The first-order chi connectivity index (χ1) is 9.55. The largest absolute Gasteiger partial charge is 0.382 e. The molecule has 7 nitrogen and oxygen atoms in total. The molecule has 0 amide bonds. The lowest BCUT2D eigenvalue weighted by molar-refractivity contribution is -0.155. The van der Waals surface area contributed by atoms with Crippen molar-refractivity contribution in [3.63, 3.8) is 0 Å². The fourth-order valence-corrected chi connectivity index (χ4v) is 3.32. The highest BCUT2D eigenvalue weighted by molar-refractivity contribution is 5.81. The van der Waals surface area contributed by atoms with Gasteiger partial charge in [-0.2, -0.15) is 0 Å². The lowest BCUT2D eigenvalue weighted by Gasteiger charge is -2.22. The molecule has 4 rings (SSSR count). The minimum absolute atomic E-state index is 0.0404. The minimum atomic E-state index is -0.515. The Balaban J connectivity index is 1.75. The number of anilines is 1. The number of hydrogen-bond acceptors (Lipinski definition) is 6. The van der Waals surface area contributed by atoms with Crippen LogP contribution in [0, 0.1) is 0 Å². The number of aromatic nitrogens is 4. The van der Waals surface area contributed by atoms with Crippen LogP contribution < -0.4 is 5.73 Å². The van der Waals surface area contributed by atoms with Gasteiger partial charge in [-0.05, 0) is 26.7 Å². The van der Waals surface area contributed by atoms with Gasteiger partial charge in [0.25, 0.3) is 0 Å². The lowest BCUT2D eigenvalue weighted by Crippen LogP contribution is -2.27. The van der Waals surface area contributed by atoms with Crippen molar-refractivity contribution in [1.29, 1.82) is 0 Å². The van der Waals surface area contributed by atoms with Crippen molar-refractivity contribution < 1.29 is 9.47 Å². The second-order valence-electron chi connectivity index (χ2n) is 5.87. The van der Waals surface area contributed by atoms with E-state index in [1.54, 1.807) is 6.33 Å². The van der Waals surface area contributed by atoms with E-state index >= 15 is 0 Å². The first-order valence-corrected chi connectivity index (χ1v) is 6.84. The maximum absolute atomic E-state index is 6.04. The number of fused-ring (bicyclic) bond motifs is 2. The molecule has 106 valence electrons. The summed E-state index contributed by atoms with van der Waals surface area (Å²) in [7, 11) is 0. The predicted molar refractivity (Wildman–Crippen MR) is 71.8 cm³/mol. The van der Waals surface area contributed by atoms with Crippen molar-refractivity contribution in [3.05, 3.63) is 12.7 Å².